The van der Waals surface area contributed by atoms with E-state index in [4.69, 9.17) is 10.5 Å². The van der Waals surface area contributed by atoms with Crippen molar-refractivity contribution in [3.63, 3.8) is 0 Å². The second-order valence-corrected chi connectivity index (χ2v) is 8.44. The van der Waals surface area contributed by atoms with Gasteiger partial charge in [0.25, 0.3) is 5.91 Å². The summed E-state index contributed by atoms with van der Waals surface area (Å²) >= 11 is 0. The third-order valence-electron chi connectivity index (χ3n) is 6.08. The van der Waals surface area contributed by atoms with Gasteiger partial charge < -0.3 is 20.7 Å². The number of likely N-dealkylation sites (N-methyl/N-ethyl adjacent to an activating group) is 1. The second-order valence-electron chi connectivity index (χ2n) is 8.44. The monoisotopic (exact) mass is 467 g/mol. The minimum atomic E-state index is -0.329. The lowest BCUT2D eigenvalue weighted by Gasteiger charge is -2.17. The van der Waals surface area contributed by atoms with Crippen molar-refractivity contribution < 1.29 is 14.3 Å². The number of nitrogens with one attached hydrogen (secondary N) is 1. The van der Waals surface area contributed by atoms with Crippen LogP contribution in [-0.2, 0) is 29.2 Å². The van der Waals surface area contributed by atoms with E-state index in [0.717, 1.165) is 27.8 Å². The SMILES string of the molecule is CNCC(=O)OCc1ccccc1-c1ccc2nc(N)nc(C(=O)N3Cc4ccccc4C3)c2c1. The molecule has 0 saturated carbocycles. The fourth-order valence-corrected chi connectivity index (χ4v) is 4.38. The number of hydrogen-bond donors (Lipinski definition) is 2. The molecule has 0 fully saturated rings. The van der Waals surface area contributed by atoms with E-state index in [1.807, 2.05) is 66.7 Å². The molecule has 35 heavy (non-hydrogen) atoms. The molecule has 8 heteroatoms. The summed E-state index contributed by atoms with van der Waals surface area (Å²) in [5.41, 5.74) is 11.7. The van der Waals surface area contributed by atoms with Crippen LogP contribution in [0.25, 0.3) is 22.0 Å². The molecule has 5 rings (SSSR count). The zero-order valence-electron chi connectivity index (χ0n) is 19.3. The lowest BCUT2D eigenvalue weighted by molar-refractivity contribution is -0.143. The molecule has 0 bridgehead atoms. The Labute approximate surface area is 202 Å². The molecule has 0 saturated heterocycles. The smallest absolute Gasteiger partial charge is 0.320 e. The summed E-state index contributed by atoms with van der Waals surface area (Å²) in [6, 6.07) is 21.4. The van der Waals surface area contributed by atoms with Crippen molar-refractivity contribution in [2.24, 2.45) is 0 Å². The quantitative estimate of drug-likeness (QED) is 0.419. The van der Waals surface area contributed by atoms with E-state index in [0.29, 0.717) is 24.0 Å². The number of nitrogens with zero attached hydrogens (tertiary/aromatic N) is 3. The molecule has 176 valence electrons. The molecule has 0 spiro atoms. The highest BCUT2D eigenvalue weighted by atomic mass is 16.5. The predicted octanol–water partition coefficient (Wildman–Crippen LogP) is 3.30. The fourth-order valence-electron chi connectivity index (χ4n) is 4.38. The number of aromatic nitrogens is 2. The minimum absolute atomic E-state index is 0.0576. The van der Waals surface area contributed by atoms with Gasteiger partial charge in [0, 0.05) is 18.5 Å². The van der Waals surface area contributed by atoms with Gasteiger partial charge in [-0.3, -0.25) is 9.59 Å². The lowest BCUT2D eigenvalue weighted by atomic mass is 9.98. The molecular weight excluding hydrogens is 442 g/mol. The Morgan fingerprint density at radius 2 is 1.71 bits per heavy atom. The summed E-state index contributed by atoms with van der Waals surface area (Å²) in [5, 5.41) is 3.41. The fraction of sp³-hybridized carbons (Fsp3) is 0.185. The molecular formula is C27H25N5O3. The van der Waals surface area contributed by atoms with E-state index in [-0.39, 0.29) is 36.7 Å². The first kappa shape index (κ1) is 22.5. The van der Waals surface area contributed by atoms with Gasteiger partial charge in [0.2, 0.25) is 5.95 Å². The normalized spacial score (nSPS) is 12.5. The molecule has 3 N–H and O–H groups in total. The topological polar surface area (TPSA) is 110 Å². The average molecular weight is 468 g/mol. The van der Waals surface area contributed by atoms with Gasteiger partial charge in [-0.1, -0.05) is 54.6 Å². The van der Waals surface area contributed by atoms with Gasteiger partial charge in [-0.15, -0.1) is 0 Å². The zero-order chi connectivity index (χ0) is 24.4. The summed E-state index contributed by atoms with van der Waals surface area (Å²) in [6.45, 7) is 1.34. The highest BCUT2D eigenvalue weighted by Gasteiger charge is 2.27. The number of amides is 1. The Morgan fingerprint density at radius 3 is 2.46 bits per heavy atom. The van der Waals surface area contributed by atoms with E-state index in [1.54, 1.807) is 11.9 Å². The number of ether oxygens (including phenoxy) is 1. The van der Waals surface area contributed by atoms with Crippen molar-refractivity contribution in [1.82, 2.24) is 20.2 Å². The molecule has 4 aromatic rings. The van der Waals surface area contributed by atoms with Gasteiger partial charge >= 0.3 is 5.97 Å². The number of hydrogen-bond acceptors (Lipinski definition) is 7. The number of nitrogen functional groups attached to an aromatic ring is 1. The third kappa shape index (κ3) is 4.56. The van der Waals surface area contributed by atoms with Crippen molar-refractivity contribution in [3.8, 4) is 11.1 Å². The Morgan fingerprint density at radius 1 is 1.00 bits per heavy atom. The molecule has 1 aromatic heterocycles. The molecule has 0 atom stereocenters. The maximum Gasteiger partial charge on any atom is 0.320 e. The number of rotatable bonds is 6. The van der Waals surface area contributed by atoms with Crippen LogP contribution in [0.3, 0.4) is 0 Å². The van der Waals surface area contributed by atoms with E-state index < -0.39 is 0 Å². The minimum Gasteiger partial charge on any atom is -0.460 e. The van der Waals surface area contributed by atoms with Crippen molar-refractivity contribution in [1.29, 1.82) is 0 Å². The molecule has 3 aromatic carbocycles. The van der Waals surface area contributed by atoms with Crippen LogP contribution in [0.4, 0.5) is 5.95 Å². The van der Waals surface area contributed by atoms with Crippen LogP contribution in [0, 0.1) is 0 Å². The van der Waals surface area contributed by atoms with E-state index in [9.17, 15) is 9.59 Å². The summed E-state index contributed by atoms with van der Waals surface area (Å²) in [4.78, 5) is 35.9. The van der Waals surface area contributed by atoms with E-state index in [1.165, 1.54) is 0 Å². The van der Waals surface area contributed by atoms with Gasteiger partial charge in [0.15, 0.2) is 0 Å². The Kier molecular flexibility index (Phi) is 6.12. The van der Waals surface area contributed by atoms with E-state index in [2.05, 4.69) is 15.3 Å². The van der Waals surface area contributed by atoms with Gasteiger partial charge in [-0.05, 0) is 47.0 Å². The Bertz CT molecular complexity index is 1410. The zero-order valence-corrected chi connectivity index (χ0v) is 19.3. The molecule has 8 nitrogen and oxygen atoms in total. The van der Waals surface area contributed by atoms with Crippen LogP contribution in [0.1, 0.15) is 27.2 Å². The summed E-state index contributed by atoms with van der Waals surface area (Å²) < 4.78 is 5.39. The molecule has 1 aliphatic rings. The number of nitrogens with two attached hydrogens (primary N) is 1. The summed E-state index contributed by atoms with van der Waals surface area (Å²) in [6.07, 6.45) is 0. The van der Waals surface area contributed by atoms with Crippen LogP contribution in [0.15, 0.2) is 66.7 Å². The molecule has 2 heterocycles. The first-order valence-electron chi connectivity index (χ1n) is 11.4. The van der Waals surface area contributed by atoms with Crippen LogP contribution in [0.5, 0.6) is 0 Å². The summed E-state index contributed by atoms with van der Waals surface area (Å²) in [5.74, 6) is -0.460. The number of anilines is 1. The van der Waals surface area contributed by atoms with Gasteiger partial charge in [0.1, 0.15) is 12.3 Å². The average Bonchev–Trinajstić information content (AvgIpc) is 3.31. The number of benzene rings is 3. The number of fused-ring (bicyclic) bond motifs is 2. The van der Waals surface area contributed by atoms with Gasteiger partial charge in [-0.25, -0.2) is 9.97 Å². The van der Waals surface area contributed by atoms with Crippen molar-refractivity contribution in [3.05, 3.63) is 89.1 Å². The highest BCUT2D eigenvalue weighted by Crippen LogP contribution is 2.30. The summed E-state index contributed by atoms with van der Waals surface area (Å²) in [7, 11) is 1.69. The van der Waals surface area contributed by atoms with Crippen molar-refractivity contribution >= 4 is 28.7 Å². The predicted molar refractivity (Wildman–Crippen MR) is 133 cm³/mol. The number of esters is 1. The molecule has 1 amide bonds. The van der Waals surface area contributed by atoms with Crippen molar-refractivity contribution in [2.75, 3.05) is 19.3 Å². The first-order valence-corrected chi connectivity index (χ1v) is 11.4. The largest absolute Gasteiger partial charge is 0.460 e. The number of carbonyl (C=O) groups excluding carboxylic acids is 2. The third-order valence-corrected chi connectivity index (χ3v) is 6.08. The highest BCUT2D eigenvalue weighted by molar-refractivity contribution is 6.06. The maximum absolute atomic E-state index is 13.6. The second kappa shape index (κ2) is 9.52. The maximum atomic E-state index is 13.6. The van der Waals surface area contributed by atoms with Crippen molar-refractivity contribution in [2.45, 2.75) is 19.7 Å². The molecule has 1 aliphatic heterocycles. The molecule has 0 aliphatic carbocycles. The Balaban J connectivity index is 1.51. The van der Waals surface area contributed by atoms with Crippen LogP contribution >= 0.6 is 0 Å². The Hall–Kier alpha value is -4.30. The lowest BCUT2D eigenvalue weighted by Crippen LogP contribution is -2.27. The number of carbonyl (C=O) groups is 2. The van der Waals surface area contributed by atoms with Crippen LogP contribution in [0.2, 0.25) is 0 Å². The van der Waals surface area contributed by atoms with E-state index >= 15 is 0 Å². The van der Waals surface area contributed by atoms with Crippen LogP contribution in [-0.4, -0.2) is 40.3 Å². The first-order chi connectivity index (χ1) is 17.0. The van der Waals surface area contributed by atoms with Crippen LogP contribution < -0.4 is 11.1 Å². The molecule has 0 radical (unpaired) electrons. The van der Waals surface area contributed by atoms with Gasteiger partial charge in [-0.2, -0.15) is 0 Å². The van der Waals surface area contributed by atoms with Gasteiger partial charge in [0.05, 0.1) is 12.1 Å². The standard InChI is InChI=1S/C27H25N5O3/c1-29-13-24(33)35-16-20-8-4-5-9-21(20)17-10-11-23-22(12-17)25(31-27(28)30-23)26(34)32-14-18-6-2-3-7-19(18)15-32/h2-12,29H,13-16H2,1H3,(H2,28,30,31). The molecule has 0 unspecified atom stereocenters.